The first kappa shape index (κ1) is 18.0. The predicted molar refractivity (Wildman–Crippen MR) is 87.2 cm³/mol. The van der Waals surface area contributed by atoms with Crippen LogP contribution in [0.2, 0.25) is 0 Å². The maximum Gasteiger partial charge on any atom is 0.301 e. The number of sulfonamides is 1. The molecule has 1 heterocycles. The molecule has 0 aliphatic carbocycles. The molecule has 1 aromatic rings. The van der Waals surface area contributed by atoms with Gasteiger partial charge in [0.2, 0.25) is 10.0 Å². The molecule has 0 aromatic heterocycles. The highest BCUT2D eigenvalue weighted by Gasteiger charge is 2.28. The molecule has 1 aromatic carbocycles. The van der Waals surface area contributed by atoms with Crippen LogP contribution in [0.25, 0.3) is 0 Å². The van der Waals surface area contributed by atoms with Gasteiger partial charge in [-0.1, -0.05) is 0 Å². The molecule has 0 saturated carbocycles. The molecule has 130 valence electrons. The minimum atomic E-state index is -3.77. The summed E-state index contributed by atoms with van der Waals surface area (Å²) in [6, 6.07) is 4.14. The average Bonchev–Trinajstić information content (AvgIpc) is 3.01. The Morgan fingerprint density at radius 2 is 1.74 bits per heavy atom. The number of nitrogens with one attached hydrogen (secondary N) is 1. The number of ether oxygens (including phenoxy) is 1. The van der Waals surface area contributed by atoms with Gasteiger partial charge in [-0.3, -0.25) is 4.72 Å². The van der Waals surface area contributed by atoms with E-state index in [0.717, 1.165) is 17.1 Å². The third-order valence-corrected chi connectivity index (χ3v) is 6.93. The lowest BCUT2D eigenvalue weighted by Crippen LogP contribution is -2.30. The third-order valence-electron chi connectivity index (χ3n) is 3.59. The molecule has 10 heteroatoms. The molecular weight excluding hydrogens is 342 g/mol. The lowest BCUT2D eigenvalue weighted by Gasteiger charge is -2.19. The van der Waals surface area contributed by atoms with Gasteiger partial charge in [0.15, 0.2) is 0 Å². The zero-order valence-electron chi connectivity index (χ0n) is 13.3. The Balaban J connectivity index is 2.43. The standard InChI is InChI=1S/C13H21N3O5S2/c1-15(2)23(19,20)14-12-10-11(6-7-13(12)21-3)22(17,18)16-8-4-5-9-16/h6-7,10,14H,4-5,8-9H2,1-3H3. The van der Waals surface area contributed by atoms with Gasteiger partial charge in [-0.15, -0.1) is 0 Å². The summed E-state index contributed by atoms with van der Waals surface area (Å²) in [5, 5.41) is 0. The van der Waals surface area contributed by atoms with Crippen molar-refractivity contribution in [1.82, 2.24) is 8.61 Å². The van der Waals surface area contributed by atoms with Gasteiger partial charge in [0.1, 0.15) is 5.75 Å². The van der Waals surface area contributed by atoms with Crippen molar-refractivity contribution >= 4 is 25.9 Å². The lowest BCUT2D eigenvalue weighted by molar-refractivity contribution is 0.416. The van der Waals surface area contributed by atoms with Crippen molar-refractivity contribution in [3.63, 3.8) is 0 Å². The van der Waals surface area contributed by atoms with Gasteiger partial charge < -0.3 is 4.74 Å². The Labute approximate surface area is 137 Å². The molecule has 1 aliphatic rings. The number of hydrogen-bond donors (Lipinski definition) is 1. The van der Waals surface area contributed by atoms with Crippen molar-refractivity contribution in [3.05, 3.63) is 18.2 Å². The highest BCUT2D eigenvalue weighted by Crippen LogP contribution is 2.30. The zero-order valence-corrected chi connectivity index (χ0v) is 14.9. The minimum absolute atomic E-state index is 0.0386. The van der Waals surface area contributed by atoms with Gasteiger partial charge in [0.25, 0.3) is 0 Å². The van der Waals surface area contributed by atoms with E-state index in [0.29, 0.717) is 13.1 Å². The second-order valence-corrected chi connectivity index (χ2v) is 9.19. The number of anilines is 1. The van der Waals surface area contributed by atoms with Crippen LogP contribution >= 0.6 is 0 Å². The van der Waals surface area contributed by atoms with Gasteiger partial charge in [0, 0.05) is 27.2 Å². The number of benzene rings is 1. The van der Waals surface area contributed by atoms with Gasteiger partial charge in [-0.25, -0.2) is 8.42 Å². The molecule has 1 fully saturated rings. The first-order valence-corrected chi connectivity index (χ1v) is 9.95. The summed E-state index contributed by atoms with van der Waals surface area (Å²) in [4.78, 5) is 0.0386. The van der Waals surface area contributed by atoms with E-state index in [2.05, 4.69) is 4.72 Å². The van der Waals surface area contributed by atoms with E-state index in [-0.39, 0.29) is 16.3 Å². The molecule has 0 bridgehead atoms. The Hall–Kier alpha value is -1.36. The largest absolute Gasteiger partial charge is 0.495 e. The monoisotopic (exact) mass is 363 g/mol. The first-order valence-electron chi connectivity index (χ1n) is 7.07. The molecular formula is C13H21N3O5S2. The van der Waals surface area contributed by atoms with Crippen LogP contribution in [0.5, 0.6) is 5.75 Å². The summed E-state index contributed by atoms with van der Waals surface area (Å²) < 4.78 is 59.0. The quantitative estimate of drug-likeness (QED) is 0.802. The fourth-order valence-corrected chi connectivity index (χ4v) is 4.40. The molecule has 1 saturated heterocycles. The van der Waals surface area contributed by atoms with E-state index in [1.165, 1.54) is 43.7 Å². The average molecular weight is 363 g/mol. The smallest absolute Gasteiger partial charge is 0.301 e. The molecule has 1 aliphatic heterocycles. The van der Waals surface area contributed by atoms with Gasteiger partial charge in [-0.2, -0.15) is 17.0 Å². The summed E-state index contributed by atoms with van der Waals surface area (Å²) in [5.74, 6) is 0.246. The maximum atomic E-state index is 12.6. The number of rotatable bonds is 6. The second kappa shape index (κ2) is 6.63. The van der Waals surface area contributed by atoms with Crippen LogP contribution < -0.4 is 9.46 Å². The summed E-state index contributed by atoms with van der Waals surface area (Å²) in [6.07, 6.45) is 1.66. The molecule has 0 amide bonds. The highest BCUT2D eigenvalue weighted by molar-refractivity contribution is 7.90. The fraction of sp³-hybridized carbons (Fsp3) is 0.538. The van der Waals surface area contributed by atoms with Gasteiger partial charge in [0.05, 0.1) is 17.7 Å². The fourth-order valence-electron chi connectivity index (χ4n) is 2.24. The Morgan fingerprint density at radius 1 is 1.13 bits per heavy atom. The van der Waals surface area contributed by atoms with Crippen LogP contribution in [-0.2, 0) is 20.2 Å². The van der Waals surface area contributed by atoms with E-state index in [4.69, 9.17) is 4.74 Å². The van der Waals surface area contributed by atoms with Crippen molar-refractivity contribution in [2.75, 3.05) is 39.0 Å². The van der Waals surface area contributed by atoms with E-state index < -0.39 is 20.2 Å². The molecule has 8 nitrogen and oxygen atoms in total. The summed E-state index contributed by atoms with van der Waals surface area (Å²) in [7, 11) is -3.27. The first-order chi connectivity index (χ1) is 10.7. The molecule has 0 radical (unpaired) electrons. The Bertz CT molecular complexity index is 769. The Kier molecular flexibility index (Phi) is 5.19. The molecule has 0 unspecified atom stereocenters. The van der Waals surface area contributed by atoms with E-state index in [1.54, 1.807) is 0 Å². The minimum Gasteiger partial charge on any atom is -0.495 e. The van der Waals surface area contributed by atoms with E-state index in [9.17, 15) is 16.8 Å². The second-order valence-electron chi connectivity index (χ2n) is 5.36. The van der Waals surface area contributed by atoms with Gasteiger partial charge >= 0.3 is 10.2 Å². The molecule has 0 spiro atoms. The van der Waals surface area contributed by atoms with Crippen molar-refractivity contribution in [1.29, 1.82) is 0 Å². The van der Waals surface area contributed by atoms with Crippen LogP contribution in [0, 0.1) is 0 Å². The van der Waals surface area contributed by atoms with Crippen molar-refractivity contribution in [2.24, 2.45) is 0 Å². The topological polar surface area (TPSA) is 96.0 Å². The van der Waals surface area contributed by atoms with Crippen molar-refractivity contribution in [2.45, 2.75) is 17.7 Å². The van der Waals surface area contributed by atoms with Crippen LogP contribution in [0.4, 0.5) is 5.69 Å². The number of hydrogen-bond acceptors (Lipinski definition) is 5. The summed E-state index contributed by atoms with van der Waals surface area (Å²) in [6.45, 7) is 0.959. The Morgan fingerprint density at radius 3 is 2.26 bits per heavy atom. The number of methoxy groups -OCH3 is 1. The van der Waals surface area contributed by atoms with Crippen LogP contribution in [-0.4, -0.2) is 59.7 Å². The third kappa shape index (κ3) is 3.77. The summed E-state index contributed by atoms with van der Waals surface area (Å²) >= 11 is 0. The van der Waals surface area contributed by atoms with Crippen LogP contribution in [0.1, 0.15) is 12.8 Å². The van der Waals surface area contributed by atoms with Crippen molar-refractivity contribution in [3.8, 4) is 5.75 Å². The zero-order chi connectivity index (χ0) is 17.3. The molecule has 0 atom stereocenters. The molecule has 2 rings (SSSR count). The van der Waals surface area contributed by atoms with E-state index in [1.807, 2.05) is 0 Å². The molecule has 23 heavy (non-hydrogen) atoms. The predicted octanol–water partition coefficient (Wildman–Crippen LogP) is 0.698. The number of nitrogens with zero attached hydrogens (tertiary/aromatic N) is 2. The van der Waals surface area contributed by atoms with Gasteiger partial charge in [-0.05, 0) is 31.0 Å². The molecule has 1 N–H and O–H groups in total. The van der Waals surface area contributed by atoms with E-state index >= 15 is 0 Å². The summed E-state index contributed by atoms with van der Waals surface area (Å²) in [5.41, 5.74) is 0.0847. The normalized spacial score (nSPS) is 16.7. The van der Waals surface area contributed by atoms with Crippen molar-refractivity contribution < 1.29 is 21.6 Å². The SMILES string of the molecule is COc1ccc(S(=O)(=O)N2CCCC2)cc1NS(=O)(=O)N(C)C. The van der Waals surface area contributed by atoms with Crippen LogP contribution in [0.15, 0.2) is 23.1 Å². The maximum absolute atomic E-state index is 12.6. The lowest BCUT2D eigenvalue weighted by atomic mass is 10.3. The highest BCUT2D eigenvalue weighted by atomic mass is 32.2. The van der Waals surface area contributed by atoms with Crippen LogP contribution in [0.3, 0.4) is 0 Å².